The van der Waals surface area contributed by atoms with Crippen LogP contribution in [-0.2, 0) is 44.4 Å². The Morgan fingerprint density at radius 3 is 2.27 bits per heavy atom. The summed E-state index contributed by atoms with van der Waals surface area (Å²) in [6.45, 7) is -0.579. The summed E-state index contributed by atoms with van der Waals surface area (Å²) in [4.78, 5) is 13.4. The zero-order chi connectivity index (χ0) is 40.0. The van der Waals surface area contributed by atoms with Gasteiger partial charge in [-0.15, -0.1) is 0 Å². The first-order valence-corrected chi connectivity index (χ1v) is 17.4. The molecule has 0 spiro atoms. The standard InChI is InChI=1S/C36H48O19/c1-17-26(41)27(42)28(43)34(52-17)55-31-29(44)33(49-11-10-19-5-8-22(47-2)21(39)12-19)53-24(14-50-35-32(45)36(46,15-37)16-51-35)30(31)54-25(40)9-6-18-4-7-20(38)23(13-18)48-3/h4-9,12-13,17,24,26-35,37-39,41-46H,10-11,14-16H2,1-3H3/t17-,24+,26-,27+,28+,29+,30+,31+,32-,33+,34-,35+,36+/m0/s1. The Hall–Kier alpha value is -3.67. The molecular formula is C36H48O19. The number of ether oxygens (including phenoxy) is 9. The molecule has 3 aliphatic rings. The molecule has 3 saturated heterocycles. The van der Waals surface area contributed by atoms with E-state index in [2.05, 4.69) is 0 Å². The Morgan fingerprint density at radius 1 is 0.855 bits per heavy atom. The van der Waals surface area contributed by atoms with Crippen LogP contribution in [0.5, 0.6) is 23.0 Å². The van der Waals surface area contributed by atoms with Gasteiger partial charge >= 0.3 is 5.97 Å². The Bertz CT molecular complexity index is 1610. The van der Waals surface area contributed by atoms with Crippen LogP contribution in [0.15, 0.2) is 42.5 Å². The van der Waals surface area contributed by atoms with Crippen molar-refractivity contribution >= 4 is 12.0 Å². The SMILES string of the molecule is COc1ccc(CCO[C@@H]2O[C@H](CO[C@@H]3OC[C@](O)(CO)[C@H]3O)[C@@H](OC(=O)C=Cc3ccc(O)c(OC)c3)[C@H](O[C@@H]3O[C@@H](C)[C@H](O)[C@@H](O)[C@H]3O)[C@H]2O)cc1O. The minimum atomic E-state index is -2.04. The van der Waals surface area contributed by atoms with Crippen LogP contribution in [0.25, 0.3) is 6.08 Å². The molecule has 0 radical (unpaired) electrons. The maximum absolute atomic E-state index is 13.4. The number of hydrogen-bond acceptors (Lipinski definition) is 19. The van der Waals surface area contributed by atoms with E-state index in [-0.39, 0.29) is 36.0 Å². The molecule has 2 aromatic carbocycles. The predicted molar refractivity (Wildman–Crippen MR) is 184 cm³/mol. The summed E-state index contributed by atoms with van der Waals surface area (Å²) >= 11 is 0. The molecule has 19 nitrogen and oxygen atoms in total. The molecule has 3 heterocycles. The van der Waals surface area contributed by atoms with E-state index in [9.17, 15) is 50.8 Å². The van der Waals surface area contributed by atoms with Crippen LogP contribution in [0.4, 0.5) is 0 Å². The number of hydrogen-bond donors (Lipinski definition) is 9. The predicted octanol–water partition coefficient (Wildman–Crippen LogP) is -1.94. The van der Waals surface area contributed by atoms with E-state index < -0.39 is 105 Å². The molecule has 0 aliphatic carbocycles. The lowest BCUT2D eigenvalue weighted by molar-refractivity contribution is -0.360. The van der Waals surface area contributed by atoms with E-state index in [1.54, 1.807) is 12.1 Å². The summed E-state index contributed by atoms with van der Waals surface area (Å²) in [6, 6.07) is 9.00. The summed E-state index contributed by atoms with van der Waals surface area (Å²) in [5.74, 6) is -0.850. The number of benzene rings is 2. The average molecular weight is 785 g/mol. The van der Waals surface area contributed by atoms with E-state index in [1.165, 1.54) is 51.5 Å². The molecule has 55 heavy (non-hydrogen) atoms. The van der Waals surface area contributed by atoms with Gasteiger partial charge < -0.3 is 88.6 Å². The molecule has 0 saturated carbocycles. The smallest absolute Gasteiger partial charge is 0.331 e. The van der Waals surface area contributed by atoms with Crippen LogP contribution in [0.1, 0.15) is 18.1 Å². The van der Waals surface area contributed by atoms with Gasteiger partial charge in [-0.05, 0) is 54.8 Å². The van der Waals surface area contributed by atoms with Crippen LogP contribution in [0.2, 0.25) is 0 Å². The summed E-state index contributed by atoms with van der Waals surface area (Å²) in [7, 11) is 2.75. The number of methoxy groups -OCH3 is 2. The number of phenols is 2. The van der Waals surface area contributed by atoms with Gasteiger partial charge in [-0.1, -0.05) is 12.1 Å². The van der Waals surface area contributed by atoms with Gasteiger partial charge in [-0.25, -0.2) is 4.79 Å². The number of rotatable bonds is 15. The lowest BCUT2D eigenvalue weighted by atomic mass is 9.96. The van der Waals surface area contributed by atoms with Gasteiger partial charge in [0.1, 0.15) is 48.3 Å². The first-order chi connectivity index (χ1) is 26.2. The Labute approximate surface area is 315 Å². The average Bonchev–Trinajstić information content (AvgIpc) is 3.46. The first kappa shape index (κ1) is 42.5. The van der Waals surface area contributed by atoms with Crippen molar-refractivity contribution in [1.29, 1.82) is 0 Å². The van der Waals surface area contributed by atoms with Gasteiger partial charge in [0.05, 0.1) is 46.8 Å². The lowest BCUT2D eigenvalue weighted by Crippen LogP contribution is -2.65. The first-order valence-electron chi connectivity index (χ1n) is 17.4. The number of phenolic OH excluding ortho intramolecular Hbond substituents is 2. The van der Waals surface area contributed by atoms with Crippen molar-refractivity contribution in [2.45, 2.75) is 92.8 Å². The zero-order valence-electron chi connectivity index (χ0n) is 30.2. The molecule has 5 rings (SSSR count). The fourth-order valence-electron chi connectivity index (χ4n) is 6.19. The van der Waals surface area contributed by atoms with Crippen molar-refractivity contribution in [2.24, 2.45) is 0 Å². The number of carbonyl (C=O) groups is 1. The van der Waals surface area contributed by atoms with Gasteiger partial charge in [0.25, 0.3) is 0 Å². The van der Waals surface area contributed by atoms with E-state index in [0.29, 0.717) is 11.1 Å². The maximum atomic E-state index is 13.4. The second-order valence-corrected chi connectivity index (χ2v) is 13.3. The van der Waals surface area contributed by atoms with E-state index in [0.717, 1.165) is 6.08 Å². The van der Waals surface area contributed by atoms with Crippen LogP contribution in [0, 0.1) is 0 Å². The topological polar surface area (TPSA) is 282 Å². The minimum absolute atomic E-state index is 0.102. The maximum Gasteiger partial charge on any atom is 0.331 e. The molecule has 0 amide bonds. The fraction of sp³-hybridized carbons (Fsp3) is 0.583. The molecular weight excluding hydrogens is 736 g/mol. The molecule has 13 atom stereocenters. The molecule has 0 unspecified atom stereocenters. The zero-order valence-corrected chi connectivity index (χ0v) is 30.2. The summed E-state index contributed by atoms with van der Waals surface area (Å²) in [5, 5.41) is 94.0. The van der Waals surface area contributed by atoms with E-state index >= 15 is 0 Å². The van der Waals surface area contributed by atoms with Crippen LogP contribution < -0.4 is 9.47 Å². The van der Waals surface area contributed by atoms with Crippen molar-refractivity contribution < 1.29 is 93.4 Å². The van der Waals surface area contributed by atoms with Crippen molar-refractivity contribution in [3.63, 3.8) is 0 Å². The molecule has 0 aromatic heterocycles. The number of aromatic hydroxyl groups is 2. The molecule has 0 bridgehead atoms. The number of esters is 1. The normalized spacial score (nSPS) is 35.2. The largest absolute Gasteiger partial charge is 0.504 e. The number of aliphatic hydroxyl groups excluding tert-OH is 6. The van der Waals surface area contributed by atoms with Crippen LogP contribution >= 0.6 is 0 Å². The van der Waals surface area contributed by atoms with Crippen LogP contribution in [0.3, 0.4) is 0 Å². The highest BCUT2D eigenvalue weighted by Gasteiger charge is 2.54. The lowest BCUT2D eigenvalue weighted by Gasteiger charge is -2.46. The van der Waals surface area contributed by atoms with Gasteiger partial charge in [0.2, 0.25) is 0 Å². The third kappa shape index (κ3) is 9.84. The Morgan fingerprint density at radius 2 is 1.60 bits per heavy atom. The van der Waals surface area contributed by atoms with Gasteiger partial charge in [-0.2, -0.15) is 0 Å². The summed E-state index contributed by atoms with van der Waals surface area (Å²) in [6.07, 6.45) is -16.4. The third-order valence-corrected chi connectivity index (χ3v) is 9.50. The van der Waals surface area contributed by atoms with Gasteiger partial charge in [0.15, 0.2) is 48.0 Å². The van der Waals surface area contributed by atoms with E-state index in [4.69, 9.17) is 42.6 Å². The molecule has 3 aliphatic heterocycles. The van der Waals surface area contributed by atoms with Crippen molar-refractivity contribution in [2.75, 3.05) is 40.6 Å². The number of carbonyl (C=O) groups excluding carboxylic acids is 1. The van der Waals surface area contributed by atoms with Gasteiger partial charge in [0, 0.05) is 6.08 Å². The van der Waals surface area contributed by atoms with Crippen molar-refractivity contribution in [1.82, 2.24) is 0 Å². The minimum Gasteiger partial charge on any atom is -0.504 e. The van der Waals surface area contributed by atoms with Gasteiger partial charge in [-0.3, -0.25) is 0 Å². The Kier molecular flexibility index (Phi) is 14.3. The summed E-state index contributed by atoms with van der Waals surface area (Å²) in [5.41, 5.74) is -0.974. The molecule has 306 valence electrons. The second-order valence-electron chi connectivity index (χ2n) is 13.3. The molecule has 9 N–H and O–H groups in total. The van der Waals surface area contributed by atoms with Crippen molar-refractivity contribution in [3.8, 4) is 23.0 Å². The third-order valence-electron chi connectivity index (χ3n) is 9.50. The number of aliphatic hydroxyl groups is 7. The summed E-state index contributed by atoms with van der Waals surface area (Å²) < 4.78 is 50.6. The van der Waals surface area contributed by atoms with Crippen molar-refractivity contribution in [3.05, 3.63) is 53.6 Å². The molecule has 2 aromatic rings. The van der Waals surface area contributed by atoms with Crippen LogP contribution in [-0.4, -0.2) is 172 Å². The molecule has 19 heteroatoms. The highest BCUT2D eigenvalue weighted by Crippen LogP contribution is 2.34. The Balaban J connectivity index is 1.42. The highest BCUT2D eigenvalue weighted by molar-refractivity contribution is 5.87. The van der Waals surface area contributed by atoms with E-state index in [1.807, 2.05) is 0 Å². The fourth-order valence-corrected chi connectivity index (χ4v) is 6.19. The second kappa shape index (κ2) is 18.5. The molecule has 3 fully saturated rings. The highest BCUT2D eigenvalue weighted by atomic mass is 16.8. The quantitative estimate of drug-likeness (QED) is 0.0701. The monoisotopic (exact) mass is 784 g/mol.